The molecule has 3 rings (SSSR count). The molecule has 8 heteroatoms. The number of nitrogens with zero attached hydrogens (tertiary/aromatic N) is 3. The predicted octanol–water partition coefficient (Wildman–Crippen LogP) is 3.59. The standard InChI is InChI=1S/C27H42N4O4/c32-26(14-13-24-9-8-15-28-23-24)29-16-7-2-1-6-12-27(33)31(25-10-4-3-5-11-25)35-22-19-30-17-20-34-21-18-30/h8-9,13-15,23,25H,1-7,10-12,16-22H2,(H,29,32)/b14-13+. The Kier molecular flexibility index (Phi) is 12.8. The lowest BCUT2D eigenvalue weighted by atomic mass is 9.95. The van der Waals surface area contributed by atoms with Crippen LogP contribution in [0.15, 0.2) is 30.6 Å². The second kappa shape index (κ2) is 16.4. The third-order valence-corrected chi connectivity index (χ3v) is 6.62. The summed E-state index contributed by atoms with van der Waals surface area (Å²) >= 11 is 0. The van der Waals surface area contributed by atoms with E-state index in [9.17, 15) is 9.59 Å². The van der Waals surface area contributed by atoms with Gasteiger partial charge in [-0.2, -0.15) is 0 Å². The van der Waals surface area contributed by atoms with Crippen LogP contribution in [0.4, 0.5) is 0 Å². The number of carbonyl (C=O) groups is 2. The highest BCUT2D eigenvalue weighted by Gasteiger charge is 2.26. The first-order valence-corrected chi connectivity index (χ1v) is 13.3. The Bertz CT molecular complexity index is 762. The smallest absolute Gasteiger partial charge is 0.246 e. The molecular formula is C27H42N4O4. The van der Waals surface area contributed by atoms with Gasteiger partial charge >= 0.3 is 0 Å². The summed E-state index contributed by atoms with van der Waals surface area (Å²) in [4.78, 5) is 37.3. The molecule has 2 fully saturated rings. The molecule has 0 bridgehead atoms. The van der Waals surface area contributed by atoms with Crippen LogP contribution in [-0.4, -0.2) is 78.8 Å². The van der Waals surface area contributed by atoms with E-state index in [0.29, 0.717) is 19.6 Å². The van der Waals surface area contributed by atoms with Gasteiger partial charge in [-0.25, -0.2) is 5.06 Å². The van der Waals surface area contributed by atoms with Crippen LogP contribution in [0.3, 0.4) is 0 Å². The molecule has 2 amide bonds. The van der Waals surface area contributed by atoms with E-state index < -0.39 is 0 Å². The monoisotopic (exact) mass is 486 g/mol. The maximum atomic E-state index is 13.0. The Morgan fingerprint density at radius 3 is 2.71 bits per heavy atom. The highest BCUT2D eigenvalue weighted by molar-refractivity contribution is 5.91. The normalized spacial score (nSPS) is 17.5. The van der Waals surface area contributed by atoms with Crippen molar-refractivity contribution in [1.82, 2.24) is 20.3 Å². The Hall–Kier alpha value is -2.29. The van der Waals surface area contributed by atoms with Gasteiger partial charge in [-0.15, -0.1) is 0 Å². The summed E-state index contributed by atoms with van der Waals surface area (Å²) < 4.78 is 5.41. The van der Waals surface area contributed by atoms with Crippen LogP contribution in [-0.2, 0) is 19.2 Å². The molecule has 0 unspecified atom stereocenters. The van der Waals surface area contributed by atoms with Gasteiger partial charge in [0.15, 0.2) is 0 Å². The molecule has 1 aromatic heterocycles. The van der Waals surface area contributed by atoms with Gasteiger partial charge in [0.1, 0.15) is 0 Å². The molecule has 1 N–H and O–H groups in total. The van der Waals surface area contributed by atoms with E-state index in [1.807, 2.05) is 12.1 Å². The molecular weight excluding hydrogens is 444 g/mol. The summed E-state index contributed by atoms with van der Waals surface area (Å²) in [5, 5.41) is 4.63. The largest absolute Gasteiger partial charge is 0.379 e. The first kappa shape index (κ1) is 27.3. The molecule has 35 heavy (non-hydrogen) atoms. The summed E-state index contributed by atoms with van der Waals surface area (Å²) in [5.41, 5.74) is 0.902. The molecule has 1 saturated carbocycles. The highest BCUT2D eigenvalue weighted by atomic mass is 16.7. The van der Waals surface area contributed by atoms with Gasteiger partial charge < -0.3 is 10.1 Å². The summed E-state index contributed by atoms with van der Waals surface area (Å²) in [5.74, 6) is 0.0223. The van der Waals surface area contributed by atoms with E-state index in [2.05, 4.69) is 15.2 Å². The number of hydrogen-bond donors (Lipinski definition) is 1. The number of pyridine rings is 1. The molecule has 1 aromatic rings. The lowest BCUT2D eigenvalue weighted by Gasteiger charge is -2.34. The molecule has 8 nitrogen and oxygen atoms in total. The minimum atomic E-state index is -0.0959. The number of rotatable bonds is 14. The third-order valence-electron chi connectivity index (χ3n) is 6.62. The lowest BCUT2D eigenvalue weighted by Crippen LogP contribution is -2.44. The van der Waals surface area contributed by atoms with Gasteiger partial charge in [0, 0.05) is 51.1 Å². The van der Waals surface area contributed by atoms with Crippen molar-refractivity contribution in [2.45, 2.75) is 70.3 Å². The summed E-state index contributed by atoms with van der Waals surface area (Å²) in [6, 6.07) is 3.97. The van der Waals surface area contributed by atoms with E-state index in [-0.39, 0.29) is 17.9 Å². The first-order valence-electron chi connectivity index (χ1n) is 13.3. The molecule has 1 aliphatic carbocycles. The number of hydrogen-bond acceptors (Lipinski definition) is 6. The SMILES string of the molecule is O=C(/C=C/c1cccnc1)NCCCCCCC(=O)N(OCCN1CCOCC1)C1CCCCC1. The zero-order valence-electron chi connectivity index (χ0n) is 21.0. The van der Waals surface area contributed by atoms with Crippen molar-refractivity contribution in [2.24, 2.45) is 0 Å². The lowest BCUT2D eigenvalue weighted by molar-refractivity contribution is -0.205. The maximum absolute atomic E-state index is 13.0. The fraction of sp³-hybridized carbons (Fsp3) is 0.667. The fourth-order valence-corrected chi connectivity index (χ4v) is 4.57. The Labute approximate surface area is 210 Å². The summed E-state index contributed by atoms with van der Waals surface area (Å²) in [6.07, 6.45) is 16.6. The van der Waals surface area contributed by atoms with E-state index in [4.69, 9.17) is 9.57 Å². The van der Waals surface area contributed by atoms with Gasteiger partial charge in [0.05, 0.1) is 25.9 Å². The van der Waals surface area contributed by atoms with Crippen LogP contribution < -0.4 is 5.32 Å². The summed E-state index contributed by atoms with van der Waals surface area (Å²) in [6.45, 7) is 5.45. The predicted molar refractivity (Wildman–Crippen MR) is 136 cm³/mol. The van der Waals surface area contributed by atoms with Crippen LogP contribution in [0.25, 0.3) is 6.08 Å². The molecule has 0 radical (unpaired) electrons. The topological polar surface area (TPSA) is 84.0 Å². The number of aromatic nitrogens is 1. The highest BCUT2D eigenvalue weighted by Crippen LogP contribution is 2.24. The third kappa shape index (κ3) is 10.9. The number of nitrogens with one attached hydrogen (secondary N) is 1. The molecule has 2 aliphatic rings. The minimum absolute atomic E-state index is 0.0959. The molecule has 1 saturated heterocycles. The molecule has 2 heterocycles. The number of morpholine rings is 1. The molecule has 0 spiro atoms. The van der Waals surface area contributed by atoms with Crippen molar-refractivity contribution in [1.29, 1.82) is 0 Å². The average molecular weight is 487 g/mol. The minimum Gasteiger partial charge on any atom is -0.379 e. The number of hydroxylamine groups is 2. The van der Waals surface area contributed by atoms with Crippen molar-refractivity contribution in [2.75, 3.05) is 46.0 Å². The van der Waals surface area contributed by atoms with Crippen LogP contribution in [0.2, 0.25) is 0 Å². The maximum Gasteiger partial charge on any atom is 0.246 e. The zero-order chi connectivity index (χ0) is 24.6. The fourth-order valence-electron chi connectivity index (χ4n) is 4.57. The molecule has 0 aromatic carbocycles. The molecule has 194 valence electrons. The number of amides is 2. The second-order valence-corrected chi connectivity index (χ2v) is 9.37. The first-order chi connectivity index (χ1) is 17.2. The van der Waals surface area contributed by atoms with Crippen molar-refractivity contribution >= 4 is 17.9 Å². The number of ether oxygens (including phenoxy) is 1. The molecule has 1 aliphatic heterocycles. The van der Waals surface area contributed by atoms with Crippen molar-refractivity contribution < 1.29 is 19.2 Å². The van der Waals surface area contributed by atoms with Gasteiger partial charge in [-0.05, 0) is 43.4 Å². The molecule has 0 atom stereocenters. The van der Waals surface area contributed by atoms with Crippen LogP contribution in [0.1, 0.15) is 69.8 Å². The second-order valence-electron chi connectivity index (χ2n) is 9.37. The number of carbonyl (C=O) groups excluding carboxylic acids is 2. The van der Waals surface area contributed by atoms with Gasteiger partial charge in [-0.1, -0.05) is 38.2 Å². The van der Waals surface area contributed by atoms with Crippen molar-refractivity contribution in [3.63, 3.8) is 0 Å². The van der Waals surface area contributed by atoms with E-state index >= 15 is 0 Å². The zero-order valence-corrected chi connectivity index (χ0v) is 21.0. The van der Waals surface area contributed by atoms with Gasteiger partial charge in [-0.3, -0.25) is 24.3 Å². The van der Waals surface area contributed by atoms with Crippen LogP contribution in [0, 0.1) is 0 Å². The van der Waals surface area contributed by atoms with Gasteiger partial charge in [0.25, 0.3) is 0 Å². The number of unbranched alkanes of at least 4 members (excludes halogenated alkanes) is 3. The van der Waals surface area contributed by atoms with Crippen molar-refractivity contribution in [3.05, 3.63) is 36.2 Å². The van der Waals surface area contributed by atoms with E-state index in [1.54, 1.807) is 23.5 Å². The van der Waals surface area contributed by atoms with Gasteiger partial charge in [0.2, 0.25) is 11.8 Å². The van der Waals surface area contributed by atoms with Crippen molar-refractivity contribution in [3.8, 4) is 0 Å². The quantitative estimate of drug-likeness (QED) is 0.246. The van der Waals surface area contributed by atoms with Crippen LogP contribution >= 0.6 is 0 Å². The van der Waals surface area contributed by atoms with Crippen LogP contribution in [0.5, 0.6) is 0 Å². The Balaban J connectivity index is 1.28. The van der Waals surface area contributed by atoms with E-state index in [1.165, 1.54) is 25.3 Å². The average Bonchev–Trinajstić information content (AvgIpc) is 2.91. The Morgan fingerprint density at radius 2 is 1.94 bits per heavy atom. The Morgan fingerprint density at radius 1 is 1.14 bits per heavy atom. The summed E-state index contributed by atoms with van der Waals surface area (Å²) in [7, 11) is 0. The van der Waals surface area contributed by atoms with E-state index in [0.717, 1.165) is 76.9 Å².